The Balaban J connectivity index is 2.11. The van der Waals surface area contributed by atoms with Crippen molar-refractivity contribution in [2.75, 3.05) is 13.6 Å². The van der Waals surface area contributed by atoms with Gasteiger partial charge in [-0.05, 0) is 26.4 Å². The predicted molar refractivity (Wildman–Crippen MR) is 53.4 cm³/mol. The van der Waals surface area contributed by atoms with Crippen LogP contribution < -0.4 is 5.32 Å². The first-order chi connectivity index (χ1) is 5.63. The van der Waals surface area contributed by atoms with Crippen molar-refractivity contribution in [3.63, 3.8) is 0 Å². The summed E-state index contributed by atoms with van der Waals surface area (Å²) in [6.45, 7) is 7.84. The highest BCUT2D eigenvalue weighted by Crippen LogP contribution is 2.24. The zero-order valence-corrected chi connectivity index (χ0v) is 8.80. The van der Waals surface area contributed by atoms with Gasteiger partial charge in [-0.1, -0.05) is 20.8 Å². The van der Waals surface area contributed by atoms with Gasteiger partial charge in [0.2, 0.25) is 0 Å². The summed E-state index contributed by atoms with van der Waals surface area (Å²) in [4.78, 5) is 2.44. The third-order valence-corrected chi connectivity index (χ3v) is 2.80. The summed E-state index contributed by atoms with van der Waals surface area (Å²) in [7, 11) is 2.22. The molecule has 1 rings (SSSR count). The Morgan fingerprint density at radius 1 is 1.42 bits per heavy atom. The van der Waals surface area contributed by atoms with Crippen LogP contribution in [0.1, 0.15) is 33.6 Å². The standard InChI is InChI=1S/C10H22N2/c1-5-12(4)10-6-9(7-10)11-8(2)3/h8-11H,5-7H2,1-4H3/t9-,10-. The molecule has 1 N–H and O–H groups in total. The minimum Gasteiger partial charge on any atom is -0.312 e. The van der Waals surface area contributed by atoms with Gasteiger partial charge in [-0.25, -0.2) is 0 Å². The van der Waals surface area contributed by atoms with Crippen LogP contribution in [0, 0.1) is 0 Å². The van der Waals surface area contributed by atoms with Crippen LogP contribution in [0.3, 0.4) is 0 Å². The van der Waals surface area contributed by atoms with Crippen molar-refractivity contribution < 1.29 is 0 Å². The average Bonchev–Trinajstić information content (AvgIpc) is 1.94. The molecule has 0 spiro atoms. The van der Waals surface area contributed by atoms with Crippen LogP contribution in [0.25, 0.3) is 0 Å². The molecule has 0 bridgehead atoms. The monoisotopic (exact) mass is 170 g/mol. The molecule has 2 heteroatoms. The van der Waals surface area contributed by atoms with Gasteiger partial charge < -0.3 is 10.2 Å². The van der Waals surface area contributed by atoms with Crippen LogP contribution in [0.4, 0.5) is 0 Å². The van der Waals surface area contributed by atoms with Gasteiger partial charge in [0.25, 0.3) is 0 Å². The van der Waals surface area contributed by atoms with E-state index in [0.717, 1.165) is 12.1 Å². The van der Waals surface area contributed by atoms with Gasteiger partial charge in [0, 0.05) is 18.1 Å². The van der Waals surface area contributed by atoms with E-state index in [9.17, 15) is 0 Å². The molecule has 0 atom stereocenters. The number of hydrogen-bond donors (Lipinski definition) is 1. The van der Waals surface area contributed by atoms with Crippen molar-refractivity contribution in [3.8, 4) is 0 Å². The fourth-order valence-electron chi connectivity index (χ4n) is 1.81. The van der Waals surface area contributed by atoms with Gasteiger partial charge in [0.15, 0.2) is 0 Å². The molecule has 72 valence electrons. The molecule has 2 nitrogen and oxygen atoms in total. The maximum atomic E-state index is 3.56. The van der Waals surface area contributed by atoms with Gasteiger partial charge in [-0.3, -0.25) is 0 Å². The molecule has 0 aromatic carbocycles. The smallest absolute Gasteiger partial charge is 0.0122 e. The summed E-state index contributed by atoms with van der Waals surface area (Å²) in [5, 5.41) is 3.56. The van der Waals surface area contributed by atoms with Crippen LogP contribution in [0.2, 0.25) is 0 Å². The molecule has 0 unspecified atom stereocenters. The molecular weight excluding hydrogens is 148 g/mol. The summed E-state index contributed by atoms with van der Waals surface area (Å²) < 4.78 is 0. The summed E-state index contributed by atoms with van der Waals surface area (Å²) in [6, 6.07) is 2.26. The van der Waals surface area contributed by atoms with E-state index in [0.29, 0.717) is 6.04 Å². The summed E-state index contributed by atoms with van der Waals surface area (Å²) >= 11 is 0. The van der Waals surface area contributed by atoms with Gasteiger partial charge in [0.1, 0.15) is 0 Å². The minimum absolute atomic E-state index is 0.642. The molecule has 1 aliphatic rings. The SMILES string of the molecule is CCN(C)[C@H]1C[C@H](NC(C)C)C1. The Kier molecular flexibility index (Phi) is 3.53. The Labute approximate surface area is 76.3 Å². The third kappa shape index (κ3) is 2.46. The first-order valence-corrected chi connectivity index (χ1v) is 5.09. The first-order valence-electron chi connectivity index (χ1n) is 5.09. The molecule has 0 aromatic rings. The van der Waals surface area contributed by atoms with Crippen molar-refractivity contribution in [3.05, 3.63) is 0 Å². The lowest BCUT2D eigenvalue weighted by molar-refractivity contribution is 0.122. The molecule has 1 saturated carbocycles. The molecule has 1 aliphatic carbocycles. The zero-order valence-electron chi connectivity index (χ0n) is 8.80. The maximum absolute atomic E-state index is 3.56. The highest BCUT2D eigenvalue weighted by molar-refractivity contribution is 4.91. The van der Waals surface area contributed by atoms with E-state index in [-0.39, 0.29) is 0 Å². The normalized spacial score (nSPS) is 29.5. The van der Waals surface area contributed by atoms with Crippen LogP contribution in [-0.2, 0) is 0 Å². The number of rotatable bonds is 4. The molecule has 0 radical (unpaired) electrons. The summed E-state index contributed by atoms with van der Waals surface area (Å²) in [5.74, 6) is 0. The molecule has 1 fully saturated rings. The van der Waals surface area contributed by atoms with E-state index >= 15 is 0 Å². The lowest BCUT2D eigenvalue weighted by Gasteiger charge is -2.42. The topological polar surface area (TPSA) is 15.3 Å². The lowest BCUT2D eigenvalue weighted by atomic mass is 9.85. The third-order valence-electron chi connectivity index (χ3n) is 2.80. The quantitative estimate of drug-likeness (QED) is 0.687. The van der Waals surface area contributed by atoms with E-state index in [2.05, 4.69) is 38.0 Å². The number of nitrogens with zero attached hydrogens (tertiary/aromatic N) is 1. The summed E-state index contributed by atoms with van der Waals surface area (Å²) in [5.41, 5.74) is 0. The van der Waals surface area contributed by atoms with E-state index in [4.69, 9.17) is 0 Å². The lowest BCUT2D eigenvalue weighted by Crippen LogP contribution is -2.52. The van der Waals surface area contributed by atoms with Crippen LogP contribution in [0.15, 0.2) is 0 Å². The molecular formula is C10H22N2. The van der Waals surface area contributed by atoms with Crippen molar-refractivity contribution in [2.24, 2.45) is 0 Å². The molecule has 12 heavy (non-hydrogen) atoms. The van der Waals surface area contributed by atoms with E-state index in [1.807, 2.05) is 0 Å². The Bertz CT molecular complexity index is 128. The van der Waals surface area contributed by atoms with Crippen LogP contribution >= 0.6 is 0 Å². The van der Waals surface area contributed by atoms with Gasteiger partial charge in [-0.15, -0.1) is 0 Å². The van der Waals surface area contributed by atoms with Gasteiger partial charge in [-0.2, -0.15) is 0 Å². The van der Waals surface area contributed by atoms with Crippen molar-refractivity contribution >= 4 is 0 Å². The average molecular weight is 170 g/mol. The summed E-state index contributed by atoms with van der Waals surface area (Å²) in [6.07, 6.45) is 2.67. The number of hydrogen-bond acceptors (Lipinski definition) is 2. The fourth-order valence-corrected chi connectivity index (χ4v) is 1.81. The largest absolute Gasteiger partial charge is 0.312 e. The second-order valence-corrected chi connectivity index (χ2v) is 4.22. The molecule has 0 heterocycles. The molecule has 0 saturated heterocycles. The Morgan fingerprint density at radius 2 is 2.00 bits per heavy atom. The van der Waals surface area contributed by atoms with Gasteiger partial charge >= 0.3 is 0 Å². The predicted octanol–water partition coefficient (Wildman–Crippen LogP) is 1.47. The molecule has 0 amide bonds. The Morgan fingerprint density at radius 3 is 2.42 bits per heavy atom. The van der Waals surface area contributed by atoms with Crippen molar-refractivity contribution in [1.29, 1.82) is 0 Å². The van der Waals surface area contributed by atoms with E-state index in [1.165, 1.54) is 19.4 Å². The van der Waals surface area contributed by atoms with Crippen molar-refractivity contribution in [1.82, 2.24) is 10.2 Å². The second-order valence-electron chi connectivity index (χ2n) is 4.22. The highest BCUT2D eigenvalue weighted by atomic mass is 15.2. The molecule has 0 aliphatic heterocycles. The van der Waals surface area contributed by atoms with Gasteiger partial charge in [0.05, 0.1) is 0 Å². The molecule has 0 aromatic heterocycles. The van der Waals surface area contributed by atoms with E-state index in [1.54, 1.807) is 0 Å². The zero-order chi connectivity index (χ0) is 9.14. The van der Waals surface area contributed by atoms with Crippen molar-refractivity contribution in [2.45, 2.75) is 51.7 Å². The Hall–Kier alpha value is -0.0800. The van der Waals surface area contributed by atoms with Crippen LogP contribution in [0.5, 0.6) is 0 Å². The number of nitrogens with one attached hydrogen (secondary N) is 1. The highest BCUT2D eigenvalue weighted by Gasteiger charge is 2.31. The second kappa shape index (κ2) is 4.24. The maximum Gasteiger partial charge on any atom is 0.0122 e. The van der Waals surface area contributed by atoms with Crippen LogP contribution in [-0.4, -0.2) is 36.6 Å². The minimum atomic E-state index is 0.642. The fraction of sp³-hybridized carbons (Fsp3) is 1.00. The first kappa shape index (κ1) is 10.0. The van der Waals surface area contributed by atoms with E-state index < -0.39 is 0 Å².